The molecule has 0 bridgehead atoms. The Morgan fingerprint density at radius 2 is 2.10 bits per heavy atom. The Kier molecular flexibility index (Phi) is 6.51. The van der Waals surface area contributed by atoms with Gasteiger partial charge in [-0.15, -0.1) is 0 Å². The van der Waals surface area contributed by atoms with Crippen LogP contribution in [-0.4, -0.2) is 34.0 Å². The molecule has 0 aromatic heterocycles. The van der Waals surface area contributed by atoms with Crippen LogP contribution in [0, 0.1) is 0 Å². The zero-order valence-electron chi connectivity index (χ0n) is 12.4. The summed E-state index contributed by atoms with van der Waals surface area (Å²) in [6, 6.07) is 7.98. The highest BCUT2D eigenvalue weighted by Gasteiger charge is 2.15. The zero-order chi connectivity index (χ0) is 15.1. The van der Waals surface area contributed by atoms with Crippen LogP contribution in [0.5, 0.6) is 0 Å². The lowest BCUT2D eigenvalue weighted by Crippen LogP contribution is -2.33. The minimum atomic E-state index is 0.00705. The number of rotatable bonds is 4. The molecule has 1 aliphatic rings. The van der Waals surface area contributed by atoms with Gasteiger partial charge in [0.1, 0.15) is 4.32 Å². The van der Waals surface area contributed by atoms with Crippen molar-refractivity contribution in [2.24, 2.45) is 0 Å². The van der Waals surface area contributed by atoms with Crippen LogP contribution in [0.4, 0.5) is 5.69 Å². The average Bonchev–Trinajstić information content (AvgIpc) is 2.53. The molecule has 1 aromatic rings. The molecular weight excluding hydrogens is 300 g/mol. The standard InChI is InChI=1S/C16H22N2OS2/c1-2-13-7-6-8-14(11-13)17-15(19)12-21-16(20)18-9-4-3-5-10-18/h6-8,11H,2-5,9-10,12H2,1H3,(H,17,19). The lowest BCUT2D eigenvalue weighted by molar-refractivity contribution is -0.113. The van der Waals surface area contributed by atoms with E-state index < -0.39 is 0 Å². The smallest absolute Gasteiger partial charge is 0.234 e. The molecule has 5 heteroatoms. The second-order valence-electron chi connectivity index (χ2n) is 5.20. The molecule has 1 aliphatic heterocycles. The maximum Gasteiger partial charge on any atom is 0.234 e. The second kappa shape index (κ2) is 8.39. The van der Waals surface area contributed by atoms with Gasteiger partial charge in [-0.2, -0.15) is 0 Å². The van der Waals surface area contributed by atoms with Gasteiger partial charge in [-0.25, -0.2) is 0 Å². The maximum atomic E-state index is 12.0. The largest absolute Gasteiger partial charge is 0.358 e. The van der Waals surface area contributed by atoms with Crippen molar-refractivity contribution in [3.8, 4) is 0 Å². The Hall–Kier alpha value is -1.07. The van der Waals surface area contributed by atoms with Gasteiger partial charge >= 0.3 is 0 Å². The SMILES string of the molecule is CCc1cccc(NC(=O)CSC(=S)N2CCCCC2)c1. The van der Waals surface area contributed by atoms with Gasteiger partial charge in [0, 0.05) is 18.8 Å². The van der Waals surface area contributed by atoms with Crippen molar-refractivity contribution >= 4 is 39.9 Å². The van der Waals surface area contributed by atoms with Crippen molar-refractivity contribution in [1.29, 1.82) is 0 Å². The van der Waals surface area contributed by atoms with Crippen LogP contribution in [0.25, 0.3) is 0 Å². The number of anilines is 1. The lowest BCUT2D eigenvalue weighted by atomic mass is 10.1. The Bertz CT molecular complexity index is 499. The van der Waals surface area contributed by atoms with Gasteiger partial charge in [0.2, 0.25) is 5.91 Å². The fourth-order valence-electron chi connectivity index (χ4n) is 2.36. The first-order valence-electron chi connectivity index (χ1n) is 7.49. The van der Waals surface area contributed by atoms with E-state index in [0.29, 0.717) is 5.75 Å². The summed E-state index contributed by atoms with van der Waals surface area (Å²) in [5, 5.41) is 2.94. The van der Waals surface area contributed by atoms with Gasteiger partial charge < -0.3 is 10.2 Å². The van der Waals surface area contributed by atoms with Crippen LogP contribution < -0.4 is 5.32 Å². The molecule has 1 amide bonds. The fraction of sp³-hybridized carbons (Fsp3) is 0.500. The normalized spacial score (nSPS) is 14.8. The van der Waals surface area contributed by atoms with Gasteiger partial charge in [0.15, 0.2) is 0 Å². The number of likely N-dealkylation sites (tertiary alicyclic amines) is 1. The van der Waals surface area contributed by atoms with Gasteiger partial charge in [-0.1, -0.05) is 43.0 Å². The molecule has 0 unspecified atom stereocenters. The van der Waals surface area contributed by atoms with Crippen molar-refractivity contribution in [1.82, 2.24) is 4.90 Å². The molecule has 1 fully saturated rings. The van der Waals surface area contributed by atoms with Crippen molar-refractivity contribution in [3.05, 3.63) is 29.8 Å². The number of thioether (sulfide) groups is 1. The number of carbonyl (C=O) groups is 1. The van der Waals surface area contributed by atoms with Crippen LogP contribution in [0.2, 0.25) is 0 Å². The molecule has 1 N–H and O–H groups in total. The molecule has 0 aliphatic carbocycles. The Balaban J connectivity index is 1.77. The highest BCUT2D eigenvalue weighted by Crippen LogP contribution is 2.17. The van der Waals surface area contributed by atoms with E-state index in [2.05, 4.69) is 23.2 Å². The summed E-state index contributed by atoms with van der Waals surface area (Å²) in [6.07, 6.45) is 4.67. The summed E-state index contributed by atoms with van der Waals surface area (Å²) in [5.41, 5.74) is 2.09. The van der Waals surface area contributed by atoms with Crippen LogP contribution in [0.15, 0.2) is 24.3 Å². The molecule has 0 spiro atoms. The van der Waals surface area contributed by atoms with E-state index in [1.54, 1.807) is 0 Å². The van der Waals surface area contributed by atoms with Crippen LogP contribution in [-0.2, 0) is 11.2 Å². The molecule has 0 atom stereocenters. The third kappa shape index (κ3) is 5.32. The average molecular weight is 322 g/mol. The molecule has 0 saturated carbocycles. The topological polar surface area (TPSA) is 32.3 Å². The van der Waals surface area contributed by atoms with E-state index in [4.69, 9.17) is 12.2 Å². The van der Waals surface area contributed by atoms with E-state index >= 15 is 0 Å². The zero-order valence-corrected chi connectivity index (χ0v) is 14.1. The number of nitrogens with one attached hydrogen (secondary N) is 1. The molecular formula is C16H22N2OS2. The molecule has 3 nitrogen and oxygen atoms in total. The molecule has 1 aromatic carbocycles. The van der Waals surface area contributed by atoms with Gasteiger partial charge in [-0.05, 0) is 43.4 Å². The number of carbonyl (C=O) groups excluding carboxylic acids is 1. The highest BCUT2D eigenvalue weighted by atomic mass is 32.2. The number of hydrogen-bond acceptors (Lipinski definition) is 3. The Labute approximate surface area is 136 Å². The highest BCUT2D eigenvalue weighted by molar-refractivity contribution is 8.23. The Morgan fingerprint density at radius 3 is 2.81 bits per heavy atom. The predicted octanol–water partition coefficient (Wildman–Crippen LogP) is 3.69. The quantitative estimate of drug-likeness (QED) is 0.857. The summed E-state index contributed by atoms with van der Waals surface area (Å²) in [7, 11) is 0. The molecule has 114 valence electrons. The van der Waals surface area contributed by atoms with Crippen molar-refractivity contribution in [2.45, 2.75) is 32.6 Å². The van der Waals surface area contributed by atoms with Crippen LogP contribution in [0.1, 0.15) is 31.7 Å². The molecule has 1 heterocycles. The fourth-order valence-corrected chi connectivity index (χ4v) is 3.41. The van der Waals surface area contributed by atoms with E-state index in [-0.39, 0.29) is 5.91 Å². The summed E-state index contributed by atoms with van der Waals surface area (Å²) < 4.78 is 0.854. The summed E-state index contributed by atoms with van der Waals surface area (Å²) in [5.74, 6) is 0.388. The third-order valence-corrected chi connectivity index (χ3v) is 5.08. The van der Waals surface area contributed by atoms with E-state index in [9.17, 15) is 4.79 Å². The monoisotopic (exact) mass is 322 g/mol. The summed E-state index contributed by atoms with van der Waals surface area (Å²) in [6.45, 7) is 4.17. The summed E-state index contributed by atoms with van der Waals surface area (Å²) >= 11 is 6.87. The van der Waals surface area contributed by atoms with E-state index in [1.165, 1.54) is 36.6 Å². The first kappa shape index (κ1) is 16.3. The van der Waals surface area contributed by atoms with Crippen LogP contribution >= 0.6 is 24.0 Å². The molecule has 2 rings (SSSR count). The minimum absolute atomic E-state index is 0.00705. The number of hydrogen-bond donors (Lipinski definition) is 1. The second-order valence-corrected chi connectivity index (χ2v) is 6.81. The third-order valence-electron chi connectivity index (χ3n) is 3.56. The first-order valence-corrected chi connectivity index (χ1v) is 8.89. The number of amides is 1. The minimum Gasteiger partial charge on any atom is -0.358 e. The van der Waals surface area contributed by atoms with Crippen molar-refractivity contribution < 1.29 is 4.79 Å². The van der Waals surface area contributed by atoms with Crippen LogP contribution in [0.3, 0.4) is 0 Å². The van der Waals surface area contributed by atoms with E-state index in [1.807, 2.05) is 18.2 Å². The van der Waals surface area contributed by atoms with Crippen molar-refractivity contribution in [2.75, 3.05) is 24.2 Å². The molecule has 0 radical (unpaired) electrons. The number of piperidine rings is 1. The van der Waals surface area contributed by atoms with Crippen molar-refractivity contribution in [3.63, 3.8) is 0 Å². The van der Waals surface area contributed by atoms with E-state index in [0.717, 1.165) is 29.5 Å². The predicted molar refractivity (Wildman–Crippen MR) is 94.9 cm³/mol. The number of nitrogens with zero attached hydrogens (tertiary/aromatic N) is 1. The molecule has 21 heavy (non-hydrogen) atoms. The van der Waals surface area contributed by atoms with Gasteiger partial charge in [0.25, 0.3) is 0 Å². The number of aryl methyl sites for hydroxylation is 1. The number of benzene rings is 1. The molecule has 1 saturated heterocycles. The summed E-state index contributed by atoms with van der Waals surface area (Å²) in [4.78, 5) is 14.2. The first-order chi connectivity index (χ1) is 10.2. The lowest BCUT2D eigenvalue weighted by Gasteiger charge is -2.28. The number of thiocarbonyl (C=S) groups is 1. The van der Waals surface area contributed by atoms with Gasteiger partial charge in [-0.3, -0.25) is 4.79 Å². The maximum absolute atomic E-state index is 12.0. The Morgan fingerprint density at radius 1 is 1.33 bits per heavy atom. The van der Waals surface area contributed by atoms with Gasteiger partial charge in [0.05, 0.1) is 5.75 Å².